The topological polar surface area (TPSA) is 42.4 Å². The van der Waals surface area contributed by atoms with Crippen LogP contribution in [-0.2, 0) is 16.9 Å². The van der Waals surface area contributed by atoms with Crippen molar-refractivity contribution in [3.8, 4) is 0 Å². The lowest BCUT2D eigenvalue weighted by atomic mass is 10.0. The lowest BCUT2D eigenvalue weighted by Crippen LogP contribution is -2.19. The van der Waals surface area contributed by atoms with Crippen LogP contribution in [0, 0.1) is 0 Å². The van der Waals surface area contributed by atoms with E-state index in [0.717, 1.165) is 29.3 Å². The second-order valence-electron chi connectivity index (χ2n) is 3.47. The van der Waals surface area contributed by atoms with Crippen molar-refractivity contribution < 1.29 is 9.84 Å². The molecule has 1 aliphatic heterocycles. The molecular formula is C9H13NO2S. The molecule has 0 spiro atoms. The van der Waals surface area contributed by atoms with Crippen LogP contribution < -0.4 is 0 Å². The SMILES string of the molecule is CC1(c2ncc(CO)s2)CCCO1. The largest absolute Gasteiger partial charge is 0.391 e. The summed E-state index contributed by atoms with van der Waals surface area (Å²) >= 11 is 1.54. The van der Waals surface area contributed by atoms with E-state index >= 15 is 0 Å². The minimum absolute atomic E-state index is 0.0771. The maximum Gasteiger partial charge on any atom is 0.125 e. The average molecular weight is 199 g/mol. The Morgan fingerprint density at radius 1 is 1.77 bits per heavy atom. The van der Waals surface area contributed by atoms with E-state index in [9.17, 15) is 0 Å². The van der Waals surface area contributed by atoms with E-state index in [2.05, 4.69) is 11.9 Å². The van der Waals surface area contributed by atoms with Crippen molar-refractivity contribution in [2.24, 2.45) is 0 Å². The highest BCUT2D eigenvalue weighted by atomic mass is 32.1. The van der Waals surface area contributed by atoms with Gasteiger partial charge in [-0.05, 0) is 19.8 Å². The summed E-state index contributed by atoms with van der Waals surface area (Å²) in [6, 6.07) is 0. The van der Waals surface area contributed by atoms with Gasteiger partial charge < -0.3 is 9.84 Å². The standard InChI is InChI=1S/C9H13NO2S/c1-9(3-2-4-12-9)8-10-5-7(6-11)13-8/h5,11H,2-4,6H2,1H3. The van der Waals surface area contributed by atoms with Crippen molar-refractivity contribution in [3.05, 3.63) is 16.1 Å². The molecule has 1 unspecified atom stereocenters. The zero-order valence-corrected chi connectivity index (χ0v) is 8.43. The van der Waals surface area contributed by atoms with Crippen molar-refractivity contribution in [2.45, 2.75) is 32.0 Å². The van der Waals surface area contributed by atoms with Gasteiger partial charge in [0, 0.05) is 12.8 Å². The maximum atomic E-state index is 8.91. The lowest BCUT2D eigenvalue weighted by molar-refractivity contribution is 0.0166. The van der Waals surface area contributed by atoms with Crippen LogP contribution in [0.3, 0.4) is 0 Å². The molecular weight excluding hydrogens is 186 g/mol. The molecule has 72 valence electrons. The van der Waals surface area contributed by atoms with Gasteiger partial charge in [0.25, 0.3) is 0 Å². The number of aliphatic hydroxyl groups is 1. The second kappa shape index (κ2) is 3.36. The van der Waals surface area contributed by atoms with Gasteiger partial charge in [0.1, 0.15) is 10.6 Å². The number of ether oxygens (including phenoxy) is 1. The molecule has 1 saturated heterocycles. The van der Waals surface area contributed by atoms with Gasteiger partial charge >= 0.3 is 0 Å². The minimum atomic E-state index is -0.196. The second-order valence-corrected chi connectivity index (χ2v) is 4.59. The first kappa shape index (κ1) is 9.12. The highest BCUT2D eigenvalue weighted by Gasteiger charge is 2.34. The Labute approximate surface area is 81.4 Å². The molecule has 0 aromatic carbocycles. The fourth-order valence-electron chi connectivity index (χ4n) is 1.57. The molecule has 2 rings (SSSR count). The molecule has 0 amide bonds. The van der Waals surface area contributed by atoms with Gasteiger partial charge in [-0.25, -0.2) is 4.98 Å². The molecule has 1 atom stereocenters. The van der Waals surface area contributed by atoms with Crippen LogP contribution in [0.5, 0.6) is 0 Å². The number of hydrogen-bond acceptors (Lipinski definition) is 4. The molecule has 0 saturated carbocycles. The molecule has 1 aromatic heterocycles. The molecule has 2 heterocycles. The molecule has 0 aliphatic carbocycles. The first-order valence-corrected chi connectivity index (χ1v) is 5.26. The smallest absolute Gasteiger partial charge is 0.125 e. The molecule has 1 aliphatic rings. The van der Waals surface area contributed by atoms with E-state index < -0.39 is 0 Å². The van der Waals surface area contributed by atoms with E-state index in [-0.39, 0.29) is 12.2 Å². The van der Waals surface area contributed by atoms with Crippen LogP contribution in [0.25, 0.3) is 0 Å². The Balaban J connectivity index is 2.23. The van der Waals surface area contributed by atoms with E-state index in [1.807, 2.05) is 0 Å². The Kier molecular flexibility index (Phi) is 2.36. The summed E-state index contributed by atoms with van der Waals surface area (Å²) in [5.74, 6) is 0. The molecule has 1 N–H and O–H groups in total. The molecule has 0 bridgehead atoms. The van der Waals surface area contributed by atoms with Gasteiger partial charge in [0.2, 0.25) is 0 Å². The monoisotopic (exact) mass is 199 g/mol. The van der Waals surface area contributed by atoms with Crippen LogP contribution in [0.15, 0.2) is 6.20 Å². The summed E-state index contributed by atoms with van der Waals surface area (Å²) in [6.45, 7) is 2.97. The maximum absolute atomic E-state index is 8.91. The van der Waals surface area contributed by atoms with Gasteiger partial charge in [0.05, 0.1) is 11.5 Å². The number of hydrogen-bond donors (Lipinski definition) is 1. The Bertz CT molecular complexity index is 292. The predicted molar refractivity (Wildman–Crippen MR) is 50.6 cm³/mol. The lowest BCUT2D eigenvalue weighted by Gasteiger charge is -2.19. The fourth-order valence-corrected chi connectivity index (χ4v) is 2.47. The number of aromatic nitrogens is 1. The van der Waals surface area contributed by atoms with Gasteiger partial charge in [0.15, 0.2) is 0 Å². The van der Waals surface area contributed by atoms with Crippen LogP contribution in [0.4, 0.5) is 0 Å². The third-order valence-electron chi connectivity index (χ3n) is 2.38. The first-order valence-electron chi connectivity index (χ1n) is 4.44. The summed E-state index contributed by atoms with van der Waals surface area (Å²) in [4.78, 5) is 5.18. The van der Waals surface area contributed by atoms with E-state index in [1.165, 1.54) is 0 Å². The summed E-state index contributed by atoms with van der Waals surface area (Å²) in [7, 11) is 0. The quantitative estimate of drug-likeness (QED) is 0.787. The zero-order chi connectivity index (χ0) is 9.31. The normalized spacial score (nSPS) is 28.2. The third-order valence-corrected chi connectivity index (χ3v) is 3.61. The minimum Gasteiger partial charge on any atom is -0.391 e. The average Bonchev–Trinajstić information content (AvgIpc) is 2.72. The zero-order valence-electron chi connectivity index (χ0n) is 7.62. The van der Waals surface area contributed by atoms with Crippen LogP contribution >= 0.6 is 11.3 Å². The third kappa shape index (κ3) is 1.61. The number of rotatable bonds is 2. The van der Waals surface area contributed by atoms with Gasteiger partial charge in [-0.1, -0.05) is 0 Å². The predicted octanol–water partition coefficient (Wildman–Crippen LogP) is 1.66. The molecule has 0 radical (unpaired) electrons. The Morgan fingerprint density at radius 3 is 3.15 bits per heavy atom. The summed E-state index contributed by atoms with van der Waals surface area (Å²) in [6.07, 6.45) is 3.86. The first-order chi connectivity index (χ1) is 6.24. The molecule has 1 aromatic rings. The van der Waals surface area contributed by atoms with Crippen LogP contribution in [0.2, 0.25) is 0 Å². The van der Waals surface area contributed by atoms with E-state index in [4.69, 9.17) is 9.84 Å². The Hall–Kier alpha value is -0.450. The summed E-state index contributed by atoms with van der Waals surface area (Å²) < 4.78 is 5.65. The number of aliphatic hydroxyl groups excluding tert-OH is 1. The Morgan fingerprint density at radius 2 is 2.62 bits per heavy atom. The highest BCUT2D eigenvalue weighted by Crippen LogP contribution is 2.37. The number of nitrogens with zero attached hydrogens (tertiary/aromatic N) is 1. The fraction of sp³-hybridized carbons (Fsp3) is 0.667. The van der Waals surface area contributed by atoms with Gasteiger partial charge in [-0.3, -0.25) is 0 Å². The van der Waals surface area contributed by atoms with Crippen molar-refractivity contribution in [1.29, 1.82) is 0 Å². The number of thiazole rings is 1. The van der Waals surface area contributed by atoms with Crippen molar-refractivity contribution in [3.63, 3.8) is 0 Å². The van der Waals surface area contributed by atoms with Crippen molar-refractivity contribution in [1.82, 2.24) is 4.98 Å². The summed E-state index contributed by atoms with van der Waals surface area (Å²) in [5.41, 5.74) is -0.196. The molecule has 13 heavy (non-hydrogen) atoms. The molecule has 3 nitrogen and oxygen atoms in total. The molecule has 1 fully saturated rings. The van der Waals surface area contributed by atoms with Gasteiger partial charge in [-0.15, -0.1) is 11.3 Å². The van der Waals surface area contributed by atoms with Gasteiger partial charge in [-0.2, -0.15) is 0 Å². The molecule has 4 heteroatoms. The summed E-state index contributed by atoms with van der Waals surface area (Å²) in [5, 5.41) is 9.90. The van der Waals surface area contributed by atoms with Crippen LogP contribution in [-0.4, -0.2) is 16.7 Å². The van der Waals surface area contributed by atoms with E-state index in [1.54, 1.807) is 17.5 Å². The van der Waals surface area contributed by atoms with Crippen LogP contribution in [0.1, 0.15) is 29.7 Å². The highest BCUT2D eigenvalue weighted by molar-refractivity contribution is 7.11. The van der Waals surface area contributed by atoms with Crippen molar-refractivity contribution in [2.75, 3.05) is 6.61 Å². The van der Waals surface area contributed by atoms with E-state index in [0.29, 0.717) is 0 Å². The van der Waals surface area contributed by atoms with Crippen molar-refractivity contribution >= 4 is 11.3 Å².